The van der Waals surface area contributed by atoms with E-state index in [-0.39, 0.29) is 78.5 Å². The predicted octanol–water partition coefficient (Wildman–Crippen LogP) is 6.74. The Kier molecular flexibility index (Phi) is 16.3. The number of fused-ring (bicyclic) bond motifs is 2. The molecule has 1 fully saturated rings. The van der Waals surface area contributed by atoms with Crippen LogP contribution in [0.4, 0.5) is 26.3 Å². The molecule has 0 amide bonds. The Hall–Kier alpha value is -4.26. The van der Waals surface area contributed by atoms with E-state index in [2.05, 4.69) is 26.1 Å². The molecule has 0 aliphatic carbocycles. The molecule has 7 rings (SSSR count). The van der Waals surface area contributed by atoms with Crippen molar-refractivity contribution >= 4 is 48.2 Å². The Labute approximate surface area is 376 Å². The van der Waals surface area contributed by atoms with Gasteiger partial charge >= 0.3 is 30.6 Å². The van der Waals surface area contributed by atoms with Crippen LogP contribution in [0.2, 0.25) is 0 Å². The zero-order valence-corrected chi connectivity index (χ0v) is 37.8. The Morgan fingerprint density at radius 3 is 1.58 bits per heavy atom. The minimum Gasteiger partial charge on any atom is -0.491 e. The Bertz CT molecular complexity index is 2730. The fourth-order valence-electron chi connectivity index (χ4n) is 6.98. The second-order valence-corrected chi connectivity index (χ2v) is 20.3. The number of rotatable bonds is 4. The highest BCUT2D eigenvalue weighted by Gasteiger charge is 2.53. The van der Waals surface area contributed by atoms with Gasteiger partial charge in [-0.2, -0.15) is 36.5 Å². The van der Waals surface area contributed by atoms with Gasteiger partial charge in [-0.3, -0.25) is 9.59 Å². The molecule has 0 spiro atoms. The third kappa shape index (κ3) is 10.6. The molecule has 0 atom stereocenters. The van der Waals surface area contributed by atoms with Crippen LogP contribution in [0.5, 0.6) is 11.5 Å². The van der Waals surface area contributed by atoms with E-state index in [4.69, 9.17) is 18.8 Å². The van der Waals surface area contributed by atoms with E-state index in [1.807, 2.05) is 27.7 Å². The molecule has 2 aromatic carbocycles. The summed E-state index contributed by atoms with van der Waals surface area (Å²) in [6, 6.07) is 3.96. The largest absolute Gasteiger partial charge is 0.500 e. The molecule has 3 aliphatic heterocycles. The van der Waals surface area contributed by atoms with E-state index in [1.54, 1.807) is 13.2 Å². The number of ether oxygens (including phenoxy) is 2. The monoisotopic (exact) mass is 1010 g/mol. The lowest BCUT2D eigenvalue weighted by atomic mass is 9.80. The molecule has 3 aliphatic rings. The quantitative estimate of drug-likeness (QED) is 0.156. The van der Waals surface area contributed by atoms with Crippen LogP contribution in [0.15, 0.2) is 60.5 Å². The van der Waals surface area contributed by atoms with Gasteiger partial charge in [-0.1, -0.05) is 36.8 Å². The average Bonchev–Trinajstić information content (AvgIpc) is 3.38. The summed E-state index contributed by atoms with van der Waals surface area (Å²) in [4.78, 5) is 22.9. The number of aromatic nitrogens is 4. The van der Waals surface area contributed by atoms with Gasteiger partial charge in [0.2, 0.25) is 0 Å². The third-order valence-electron chi connectivity index (χ3n) is 10.8. The summed E-state index contributed by atoms with van der Waals surface area (Å²) >= 11 is 3.10. The summed E-state index contributed by atoms with van der Waals surface area (Å²) in [5.41, 5.74) is -2.90. The smallest absolute Gasteiger partial charge is 0.491 e. The molecule has 1 saturated heterocycles. The standard InChI is InChI=1S/C16H15F3N2O4S.C12H19BN2O4.C10H8BrF3O2S.2CH4/c1-21-15(22)13(25-2)11(8-20-21)9-5-6-12(16(17,18)19)14-10(9)4-3-7-26(14,23)24;1-11(2)12(3,4)19-13(18-11)8-7-14-15(5)10(16)9(8)17-6;11-8-4-3-7(10(12,13)14)9-6(8)2-1-5-17(9,15)16;;/h5-6,8H,3-4,7H2,1-2H3;7H,1-6H3;3-4H,1-2,5H2;2*1H4. The summed E-state index contributed by atoms with van der Waals surface area (Å²) in [6.45, 7) is 7.81. The van der Waals surface area contributed by atoms with Gasteiger partial charge in [-0.15, -0.1) is 0 Å². The van der Waals surface area contributed by atoms with Gasteiger partial charge in [0.05, 0.1) is 81.3 Å². The van der Waals surface area contributed by atoms with Crippen LogP contribution in [0, 0.1) is 0 Å². The first kappa shape index (κ1) is 54.1. The molecule has 14 nitrogen and oxygen atoms in total. The van der Waals surface area contributed by atoms with E-state index >= 15 is 0 Å². The van der Waals surface area contributed by atoms with E-state index < -0.39 is 76.8 Å². The van der Waals surface area contributed by atoms with Crippen molar-refractivity contribution in [3.63, 3.8) is 0 Å². The minimum atomic E-state index is -4.80. The number of benzene rings is 2. The SMILES string of the molecule is C.C.COc1c(-c2ccc(C(F)(F)F)c3c2CCCS3(=O)=O)cnn(C)c1=O.COc1c(B2OC(C)(C)C(C)(C)O2)cnn(C)c1=O.O=S1(=O)CCCc2c(Br)ccc(C(F)(F)F)c21. The summed E-state index contributed by atoms with van der Waals surface area (Å²) in [6.07, 6.45) is -5.57. The highest BCUT2D eigenvalue weighted by Crippen LogP contribution is 2.44. The molecular formula is C40H50BBrF6N4O10S2. The Morgan fingerprint density at radius 2 is 1.11 bits per heavy atom. The molecule has 0 saturated carbocycles. The van der Waals surface area contributed by atoms with Crippen molar-refractivity contribution in [2.24, 2.45) is 14.1 Å². The predicted molar refractivity (Wildman–Crippen MR) is 232 cm³/mol. The number of hydrogen-bond donors (Lipinski definition) is 0. The van der Waals surface area contributed by atoms with Crippen LogP contribution in [-0.2, 0) is 68.3 Å². The molecule has 64 heavy (non-hydrogen) atoms. The van der Waals surface area contributed by atoms with Gasteiger partial charge in [0.1, 0.15) is 0 Å². The molecule has 0 radical (unpaired) electrons. The van der Waals surface area contributed by atoms with Crippen molar-refractivity contribution in [1.29, 1.82) is 0 Å². The maximum absolute atomic E-state index is 13.4. The molecule has 4 aromatic rings. The number of sulfone groups is 2. The molecule has 354 valence electrons. The van der Waals surface area contributed by atoms with Crippen LogP contribution in [0.3, 0.4) is 0 Å². The number of halogens is 7. The first-order valence-corrected chi connectivity index (χ1v) is 22.7. The lowest BCUT2D eigenvalue weighted by Crippen LogP contribution is -2.41. The van der Waals surface area contributed by atoms with Crippen molar-refractivity contribution in [3.8, 4) is 22.6 Å². The number of nitrogens with zero attached hydrogens (tertiary/aromatic N) is 4. The van der Waals surface area contributed by atoms with Crippen molar-refractivity contribution in [2.45, 2.75) is 102 Å². The minimum absolute atomic E-state index is 0. The molecule has 0 bridgehead atoms. The Balaban J connectivity index is 0.000000258. The van der Waals surface area contributed by atoms with Crippen LogP contribution >= 0.6 is 15.9 Å². The fraction of sp³-hybridized carbons (Fsp3) is 0.500. The highest BCUT2D eigenvalue weighted by molar-refractivity contribution is 9.10. The molecular weight excluding hydrogens is 965 g/mol. The zero-order valence-electron chi connectivity index (χ0n) is 34.6. The first-order valence-electron chi connectivity index (χ1n) is 18.6. The van der Waals surface area contributed by atoms with Gasteiger partial charge in [-0.25, -0.2) is 26.2 Å². The second kappa shape index (κ2) is 19.3. The number of alkyl halides is 6. The van der Waals surface area contributed by atoms with Gasteiger partial charge in [-0.05, 0) is 88.3 Å². The lowest BCUT2D eigenvalue weighted by Gasteiger charge is -2.32. The molecule has 2 aromatic heterocycles. The number of aryl methyl sites for hydroxylation is 2. The third-order valence-corrected chi connectivity index (χ3v) is 15.4. The lowest BCUT2D eigenvalue weighted by molar-refractivity contribution is -0.140. The summed E-state index contributed by atoms with van der Waals surface area (Å²) in [5.74, 6) is -0.471. The topological polar surface area (TPSA) is 175 Å². The molecule has 0 unspecified atom stereocenters. The van der Waals surface area contributed by atoms with Crippen LogP contribution in [0.25, 0.3) is 11.1 Å². The van der Waals surface area contributed by atoms with Crippen LogP contribution < -0.4 is 26.1 Å². The van der Waals surface area contributed by atoms with E-state index in [9.17, 15) is 52.8 Å². The van der Waals surface area contributed by atoms with Gasteiger partial charge in [0.15, 0.2) is 31.2 Å². The van der Waals surface area contributed by atoms with E-state index in [1.165, 1.54) is 44.3 Å². The summed E-state index contributed by atoms with van der Waals surface area (Å²) < 4.78 is 151. The fourth-order valence-corrected chi connectivity index (χ4v) is 11.3. The normalized spacial score (nSPS) is 17.7. The summed E-state index contributed by atoms with van der Waals surface area (Å²) in [5, 5.41) is 7.86. The average molecular weight is 1020 g/mol. The van der Waals surface area contributed by atoms with Crippen molar-refractivity contribution in [3.05, 3.63) is 84.1 Å². The van der Waals surface area contributed by atoms with Crippen molar-refractivity contribution in [1.82, 2.24) is 19.6 Å². The summed E-state index contributed by atoms with van der Waals surface area (Å²) in [7, 11) is -2.89. The second-order valence-electron chi connectivity index (χ2n) is 15.4. The van der Waals surface area contributed by atoms with Crippen LogP contribution in [-0.4, -0.2) is 80.4 Å². The van der Waals surface area contributed by atoms with E-state index in [0.29, 0.717) is 22.8 Å². The molecule has 24 heteroatoms. The van der Waals surface area contributed by atoms with Gasteiger partial charge in [0, 0.05) is 18.6 Å². The maximum Gasteiger partial charge on any atom is 0.500 e. The van der Waals surface area contributed by atoms with Crippen LogP contribution in [0.1, 0.15) is 77.6 Å². The van der Waals surface area contributed by atoms with E-state index in [0.717, 1.165) is 16.8 Å². The van der Waals surface area contributed by atoms with Crippen molar-refractivity contribution < 1.29 is 62.0 Å². The molecule has 0 N–H and O–H groups in total. The zero-order chi connectivity index (χ0) is 46.5. The van der Waals surface area contributed by atoms with Gasteiger partial charge < -0.3 is 18.8 Å². The highest BCUT2D eigenvalue weighted by atomic mass is 79.9. The van der Waals surface area contributed by atoms with Crippen molar-refractivity contribution in [2.75, 3.05) is 25.7 Å². The number of hydrogen-bond acceptors (Lipinski definition) is 12. The first-order chi connectivity index (χ1) is 28.5. The number of methoxy groups -OCH3 is 2. The van der Waals surface area contributed by atoms with Gasteiger partial charge in [0.25, 0.3) is 0 Å². The maximum atomic E-state index is 13.4. The molecule has 5 heterocycles. The Morgan fingerprint density at radius 1 is 0.688 bits per heavy atom.